The van der Waals surface area contributed by atoms with E-state index >= 15 is 0 Å². The monoisotopic (exact) mass is 171 g/mol. The molecule has 1 aliphatic carbocycles. The van der Waals surface area contributed by atoms with Crippen LogP contribution in [0.25, 0.3) is 0 Å². The van der Waals surface area contributed by atoms with Crippen molar-refractivity contribution in [2.45, 2.75) is 32.8 Å². The van der Waals surface area contributed by atoms with Crippen LogP contribution in [0.3, 0.4) is 0 Å². The Kier molecular flexibility index (Phi) is 3.53. The lowest BCUT2D eigenvalue weighted by Gasteiger charge is -2.07. The van der Waals surface area contributed by atoms with E-state index in [0.717, 1.165) is 12.8 Å². The van der Waals surface area contributed by atoms with Gasteiger partial charge in [-0.2, -0.15) is 0 Å². The molecule has 1 rings (SSSR count). The predicted molar refractivity (Wildman–Crippen MR) is 46.8 cm³/mol. The molecule has 0 unspecified atom stereocenters. The summed E-state index contributed by atoms with van der Waals surface area (Å²) in [5, 5.41) is 2.84. The minimum absolute atomic E-state index is 0.197. The predicted octanol–water partition coefficient (Wildman–Crippen LogP) is 0.938. The van der Waals surface area contributed by atoms with E-state index in [9.17, 15) is 4.79 Å². The van der Waals surface area contributed by atoms with Gasteiger partial charge in [0.2, 0.25) is 5.91 Å². The Morgan fingerprint density at radius 1 is 1.58 bits per heavy atom. The Morgan fingerprint density at radius 2 is 2.25 bits per heavy atom. The first-order valence-corrected chi connectivity index (χ1v) is 4.59. The summed E-state index contributed by atoms with van der Waals surface area (Å²) < 4.78 is 5.28. The highest BCUT2D eigenvalue weighted by atomic mass is 16.5. The van der Waals surface area contributed by atoms with E-state index in [-0.39, 0.29) is 12.0 Å². The summed E-state index contributed by atoms with van der Waals surface area (Å²) in [5.41, 5.74) is 0. The molecule has 0 aromatic rings. The van der Waals surface area contributed by atoms with Crippen LogP contribution in [-0.4, -0.2) is 25.2 Å². The van der Waals surface area contributed by atoms with Crippen molar-refractivity contribution in [3.63, 3.8) is 0 Å². The zero-order chi connectivity index (χ0) is 8.97. The number of hydrogen-bond acceptors (Lipinski definition) is 2. The summed E-state index contributed by atoms with van der Waals surface area (Å²) >= 11 is 0. The van der Waals surface area contributed by atoms with Crippen LogP contribution in [0.1, 0.15) is 26.7 Å². The van der Waals surface area contributed by atoms with Gasteiger partial charge in [0, 0.05) is 12.5 Å². The fourth-order valence-corrected chi connectivity index (χ4v) is 0.959. The molecule has 1 aliphatic rings. The van der Waals surface area contributed by atoms with Gasteiger partial charge in [-0.1, -0.05) is 0 Å². The first kappa shape index (κ1) is 9.52. The first-order chi connectivity index (χ1) is 5.70. The van der Waals surface area contributed by atoms with Crippen molar-refractivity contribution in [2.24, 2.45) is 5.92 Å². The molecule has 0 saturated heterocycles. The molecule has 0 atom stereocenters. The largest absolute Gasteiger partial charge is 0.377 e. The molecule has 0 aromatic carbocycles. The van der Waals surface area contributed by atoms with Crippen LogP contribution < -0.4 is 5.32 Å². The third kappa shape index (κ3) is 3.72. The molecular weight excluding hydrogens is 154 g/mol. The van der Waals surface area contributed by atoms with E-state index in [1.54, 1.807) is 0 Å². The molecule has 1 saturated carbocycles. The highest BCUT2D eigenvalue weighted by Crippen LogP contribution is 2.28. The fourth-order valence-electron chi connectivity index (χ4n) is 0.959. The van der Waals surface area contributed by atoms with Crippen LogP contribution in [0, 0.1) is 5.92 Å². The highest BCUT2D eigenvalue weighted by molar-refractivity contribution is 5.80. The molecule has 0 heterocycles. The Balaban J connectivity index is 1.91. The Bertz CT molecular complexity index is 153. The number of hydrogen-bond donors (Lipinski definition) is 1. The number of ether oxygens (including phenoxy) is 1. The van der Waals surface area contributed by atoms with Crippen LogP contribution in [0.15, 0.2) is 0 Å². The summed E-state index contributed by atoms with van der Waals surface area (Å²) in [5.74, 6) is 0.506. The van der Waals surface area contributed by atoms with Gasteiger partial charge in [-0.25, -0.2) is 0 Å². The third-order valence-corrected chi connectivity index (χ3v) is 1.80. The maximum absolute atomic E-state index is 11.1. The van der Waals surface area contributed by atoms with Crippen molar-refractivity contribution in [1.82, 2.24) is 5.32 Å². The van der Waals surface area contributed by atoms with Gasteiger partial charge in [-0.3, -0.25) is 4.79 Å². The molecule has 3 heteroatoms. The number of amides is 1. The van der Waals surface area contributed by atoms with Crippen LogP contribution in [-0.2, 0) is 9.53 Å². The van der Waals surface area contributed by atoms with Gasteiger partial charge in [0.15, 0.2) is 0 Å². The van der Waals surface area contributed by atoms with E-state index in [4.69, 9.17) is 4.74 Å². The van der Waals surface area contributed by atoms with Gasteiger partial charge >= 0.3 is 0 Å². The average molecular weight is 171 g/mol. The lowest BCUT2D eigenvalue weighted by molar-refractivity contribution is -0.122. The molecule has 0 spiro atoms. The number of nitrogens with one attached hydrogen (secondary N) is 1. The molecule has 0 aromatic heterocycles. The molecule has 70 valence electrons. The lowest BCUT2D eigenvalue weighted by Crippen LogP contribution is -2.29. The first-order valence-electron chi connectivity index (χ1n) is 4.59. The summed E-state index contributed by atoms with van der Waals surface area (Å²) in [6.07, 6.45) is 2.39. The van der Waals surface area contributed by atoms with Crippen molar-refractivity contribution < 1.29 is 9.53 Å². The quantitative estimate of drug-likeness (QED) is 0.625. The maximum Gasteiger partial charge on any atom is 0.223 e. The fraction of sp³-hybridized carbons (Fsp3) is 0.889. The minimum Gasteiger partial charge on any atom is -0.377 e. The maximum atomic E-state index is 11.1. The van der Waals surface area contributed by atoms with Crippen LogP contribution >= 0.6 is 0 Å². The second kappa shape index (κ2) is 4.45. The van der Waals surface area contributed by atoms with Crippen molar-refractivity contribution in [1.29, 1.82) is 0 Å². The molecule has 1 fully saturated rings. The summed E-state index contributed by atoms with van der Waals surface area (Å²) in [6.45, 7) is 5.25. The smallest absolute Gasteiger partial charge is 0.223 e. The van der Waals surface area contributed by atoms with E-state index in [1.165, 1.54) is 0 Å². The zero-order valence-electron chi connectivity index (χ0n) is 7.80. The molecule has 12 heavy (non-hydrogen) atoms. The van der Waals surface area contributed by atoms with E-state index in [0.29, 0.717) is 19.1 Å². The SMILES string of the molecule is CC(C)OCCNC(=O)C1CC1. The van der Waals surface area contributed by atoms with Crippen molar-refractivity contribution in [3.05, 3.63) is 0 Å². The third-order valence-electron chi connectivity index (χ3n) is 1.80. The van der Waals surface area contributed by atoms with Gasteiger partial charge in [-0.05, 0) is 26.7 Å². The standard InChI is InChI=1S/C9H17NO2/c1-7(2)12-6-5-10-9(11)8-3-4-8/h7-8H,3-6H2,1-2H3,(H,10,11). The molecule has 3 nitrogen and oxygen atoms in total. The van der Waals surface area contributed by atoms with Crippen LogP contribution in [0.2, 0.25) is 0 Å². The molecular formula is C9H17NO2. The summed E-state index contributed by atoms with van der Waals surface area (Å²) in [6, 6.07) is 0. The Morgan fingerprint density at radius 3 is 2.75 bits per heavy atom. The van der Waals surface area contributed by atoms with Gasteiger partial charge < -0.3 is 10.1 Å². The van der Waals surface area contributed by atoms with Gasteiger partial charge in [-0.15, -0.1) is 0 Å². The molecule has 0 aliphatic heterocycles. The summed E-state index contributed by atoms with van der Waals surface area (Å²) in [7, 11) is 0. The second-order valence-corrected chi connectivity index (χ2v) is 3.48. The lowest BCUT2D eigenvalue weighted by atomic mass is 10.4. The number of rotatable bonds is 5. The van der Waals surface area contributed by atoms with Crippen LogP contribution in [0.4, 0.5) is 0 Å². The van der Waals surface area contributed by atoms with Gasteiger partial charge in [0.1, 0.15) is 0 Å². The van der Waals surface area contributed by atoms with E-state index in [2.05, 4.69) is 5.32 Å². The zero-order valence-corrected chi connectivity index (χ0v) is 7.80. The normalized spacial score (nSPS) is 16.6. The van der Waals surface area contributed by atoms with Gasteiger partial charge in [0.25, 0.3) is 0 Å². The second-order valence-electron chi connectivity index (χ2n) is 3.48. The molecule has 1 amide bonds. The Hall–Kier alpha value is -0.570. The number of carbonyl (C=O) groups excluding carboxylic acids is 1. The minimum atomic E-state index is 0.197. The molecule has 1 N–H and O–H groups in total. The highest BCUT2D eigenvalue weighted by Gasteiger charge is 2.28. The number of carbonyl (C=O) groups is 1. The molecule has 0 bridgehead atoms. The van der Waals surface area contributed by atoms with Gasteiger partial charge in [0.05, 0.1) is 12.7 Å². The van der Waals surface area contributed by atoms with Crippen molar-refractivity contribution >= 4 is 5.91 Å². The Labute approximate surface area is 73.5 Å². The topological polar surface area (TPSA) is 38.3 Å². The summed E-state index contributed by atoms with van der Waals surface area (Å²) in [4.78, 5) is 11.1. The van der Waals surface area contributed by atoms with Crippen LogP contribution in [0.5, 0.6) is 0 Å². The van der Waals surface area contributed by atoms with Crippen molar-refractivity contribution in [3.8, 4) is 0 Å². The van der Waals surface area contributed by atoms with E-state index in [1.807, 2.05) is 13.8 Å². The van der Waals surface area contributed by atoms with Crippen molar-refractivity contribution in [2.75, 3.05) is 13.2 Å². The van der Waals surface area contributed by atoms with E-state index < -0.39 is 0 Å². The average Bonchev–Trinajstić information content (AvgIpc) is 2.79. The molecule has 0 radical (unpaired) electrons.